The van der Waals surface area contributed by atoms with Gasteiger partial charge in [-0.05, 0) is 42.5 Å². The van der Waals surface area contributed by atoms with Gasteiger partial charge in [0.1, 0.15) is 5.75 Å². The lowest BCUT2D eigenvalue weighted by atomic mass is 10.1. The molecule has 2 aromatic rings. The quantitative estimate of drug-likeness (QED) is 0.517. The fraction of sp³-hybridized carbons (Fsp3) is 0.182. The lowest BCUT2D eigenvalue weighted by molar-refractivity contribution is -0.125. The molecule has 0 aromatic heterocycles. The third-order valence-corrected chi connectivity index (χ3v) is 5.15. The number of hydrogen-bond acceptors (Lipinski definition) is 6. The topological polar surface area (TPSA) is 92.8 Å². The molecule has 30 heavy (non-hydrogen) atoms. The molecule has 2 aromatic carbocycles. The maximum atomic E-state index is 12.4. The molecule has 0 saturated carbocycles. The van der Waals surface area contributed by atoms with Crippen molar-refractivity contribution in [2.45, 2.75) is 6.92 Å². The summed E-state index contributed by atoms with van der Waals surface area (Å²) < 4.78 is 5.38. The van der Waals surface area contributed by atoms with Gasteiger partial charge in [-0.15, -0.1) is 0 Å². The maximum Gasteiger partial charge on any atom is 0.293 e. The Labute approximate surface area is 178 Å². The van der Waals surface area contributed by atoms with Crippen molar-refractivity contribution in [3.63, 3.8) is 0 Å². The Hall–Kier alpha value is -3.39. The van der Waals surface area contributed by atoms with E-state index in [0.29, 0.717) is 16.2 Å². The Bertz CT molecular complexity index is 1000. The number of nitrogens with zero attached hydrogens (tertiary/aromatic N) is 1. The molecule has 0 spiro atoms. The molecular formula is C22H20N2O5S. The molecular weight excluding hydrogens is 404 g/mol. The van der Waals surface area contributed by atoms with Gasteiger partial charge in [0.25, 0.3) is 17.1 Å². The number of ketones is 1. The number of benzene rings is 2. The second kappa shape index (κ2) is 9.89. The number of thioether (sulfide) groups is 1. The van der Waals surface area contributed by atoms with E-state index in [1.54, 1.807) is 30.3 Å². The summed E-state index contributed by atoms with van der Waals surface area (Å²) in [5.41, 5.74) is 1.33. The van der Waals surface area contributed by atoms with E-state index >= 15 is 0 Å². The summed E-state index contributed by atoms with van der Waals surface area (Å²) in [5, 5.41) is 2.25. The van der Waals surface area contributed by atoms with E-state index in [1.165, 1.54) is 6.92 Å². The van der Waals surface area contributed by atoms with Crippen molar-refractivity contribution < 1.29 is 23.9 Å². The molecule has 7 nitrogen and oxygen atoms in total. The van der Waals surface area contributed by atoms with Crippen molar-refractivity contribution in [1.29, 1.82) is 0 Å². The van der Waals surface area contributed by atoms with Gasteiger partial charge in [0, 0.05) is 18.7 Å². The Morgan fingerprint density at radius 2 is 1.87 bits per heavy atom. The van der Waals surface area contributed by atoms with Crippen LogP contribution in [-0.2, 0) is 9.59 Å². The zero-order chi connectivity index (χ0) is 21.5. The predicted octanol–water partition coefficient (Wildman–Crippen LogP) is 3.12. The van der Waals surface area contributed by atoms with Crippen LogP contribution in [0.3, 0.4) is 0 Å². The molecule has 1 aliphatic heterocycles. The zero-order valence-corrected chi connectivity index (χ0v) is 17.1. The summed E-state index contributed by atoms with van der Waals surface area (Å²) in [7, 11) is 0. The van der Waals surface area contributed by atoms with Crippen molar-refractivity contribution in [3.05, 3.63) is 70.6 Å². The average molecular weight is 424 g/mol. The highest BCUT2D eigenvalue weighted by Gasteiger charge is 2.34. The van der Waals surface area contributed by atoms with Gasteiger partial charge in [0.15, 0.2) is 12.4 Å². The number of amides is 3. The molecule has 1 N–H and O–H groups in total. The molecule has 3 rings (SSSR count). The number of Topliss-reactive ketones (excluding diaryl/α,β-unsaturated/α-hetero) is 1. The first-order chi connectivity index (χ1) is 14.4. The number of carbonyl (C=O) groups excluding carboxylic acids is 4. The predicted molar refractivity (Wildman–Crippen MR) is 114 cm³/mol. The van der Waals surface area contributed by atoms with E-state index in [0.717, 1.165) is 22.2 Å². The van der Waals surface area contributed by atoms with Crippen LogP contribution < -0.4 is 10.1 Å². The van der Waals surface area contributed by atoms with Crippen LogP contribution in [0, 0.1) is 0 Å². The van der Waals surface area contributed by atoms with Crippen LogP contribution in [0.25, 0.3) is 6.08 Å². The molecule has 154 valence electrons. The van der Waals surface area contributed by atoms with Gasteiger partial charge >= 0.3 is 0 Å². The third kappa shape index (κ3) is 5.57. The molecule has 0 atom stereocenters. The lowest BCUT2D eigenvalue weighted by Crippen LogP contribution is -2.38. The summed E-state index contributed by atoms with van der Waals surface area (Å²) in [5.74, 6) is -0.450. The smallest absolute Gasteiger partial charge is 0.293 e. The SMILES string of the molecule is CC(=O)c1cccc(OCC(=O)NCCN2C(=O)SC(=Cc3ccccc3)C2=O)c1. The van der Waals surface area contributed by atoms with Crippen LogP contribution in [-0.4, -0.2) is 47.4 Å². The summed E-state index contributed by atoms with van der Waals surface area (Å²) in [6, 6.07) is 15.8. The monoisotopic (exact) mass is 424 g/mol. The number of carbonyl (C=O) groups is 4. The minimum atomic E-state index is -0.393. The lowest BCUT2D eigenvalue weighted by Gasteiger charge is -2.13. The Morgan fingerprint density at radius 1 is 1.10 bits per heavy atom. The van der Waals surface area contributed by atoms with Gasteiger partial charge in [-0.1, -0.05) is 42.5 Å². The third-order valence-electron chi connectivity index (χ3n) is 4.24. The van der Waals surface area contributed by atoms with Crippen molar-refractivity contribution in [2.24, 2.45) is 0 Å². The standard InChI is InChI=1S/C22H20N2O5S/c1-15(25)17-8-5-9-18(13-17)29-14-20(26)23-10-11-24-21(27)19(30-22(24)28)12-16-6-3-2-4-7-16/h2-9,12-13H,10-11,14H2,1H3,(H,23,26). The highest BCUT2D eigenvalue weighted by molar-refractivity contribution is 8.18. The number of hydrogen-bond donors (Lipinski definition) is 1. The molecule has 0 aliphatic carbocycles. The van der Waals surface area contributed by atoms with Crippen LogP contribution in [0.1, 0.15) is 22.8 Å². The Balaban J connectivity index is 1.46. The average Bonchev–Trinajstić information content (AvgIpc) is 3.00. The fourth-order valence-electron chi connectivity index (χ4n) is 2.71. The van der Waals surface area contributed by atoms with E-state index in [9.17, 15) is 19.2 Å². The fourth-order valence-corrected chi connectivity index (χ4v) is 3.57. The van der Waals surface area contributed by atoms with Crippen molar-refractivity contribution in [2.75, 3.05) is 19.7 Å². The Morgan fingerprint density at radius 3 is 2.60 bits per heavy atom. The van der Waals surface area contributed by atoms with Gasteiger partial charge in [-0.25, -0.2) is 0 Å². The highest BCUT2D eigenvalue weighted by atomic mass is 32.2. The molecule has 8 heteroatoms. The van der Waals surface area contributed by atoms with Crippen LogP contribution in [0.4, 0.5) is 4.79 Å². The first-order valence-corrected chi connectivity index (χ1v) is 10.1. The normalized spacial score (nSPS) is 14.8. The van der Waals surface area contributed by atoms with Gasteiger partial charge in [-0.3, -0.25) is 24.1 Å². The van der Waals surface area contributed by atoms with E-state index in [-0.39, 0.29) is 36.6 Å². The zero-order valence-electron chi connectivity index (χ0n) is 16.3. The second-order valence-electron chi connectivity index (χ2n) is 6.47. The second-order valence-corrected chi connectivity index (χ2v) is 7.46. The molecule has 1 saturated heterocycles. The van der Waals surface area contributed by atoms with Gasteiger partial charge in [0.2, 0.25) is 0 Å². The summed E-state index contributed by atoms with van der Waals surface area (Å²) >= 11 is 0.880. The van der Waals surface area contributed by atoms with E-state index < -0.39 is 5.91 Å². The molecule has 0 radical (unpaired) electrons. The molecule has 1 fully saturated rings. The van der Waals surface area contributed by atoms with E-state index in [2.05, 4.69) is 5.32 Å². The highest BCUT2D eigenvalue weighted by Crippen LogP contribution is 2.31. The molecule has 1 aliphatic rings. The van der Waals surface area contributed by atoms with Crippen molar-refractivity contribution in [3.8, 4) is 5.75 Å². The summed E-state index contributed by atoms with van der Waals surface area (Å²) in [4.78, 5) is 49.4. The van der Waals surface area contributed by atoms with Crippen LogP contribution >= 0.6 is 11.8 Å². The van der Waals surface area contributed by atoms with Gasteiger partial charge < -0.3 is 10.1 Å². The summed E-state index contributed by atoms with van der Waals surface area (Å²) in [6.45, 7) is 1.40. The summed E-state index contributed by atoms with van der Waals surface area (Å²) in [6.07, 6.45) is 1.67. The molecule has 3 amide bonds. The van der Waals surface area contributed by atoms with Gasteiger partial charge in [0.05, 0.1) is 4.91 Å². The maximum absolute atomic E-state index is 12.4. The molecule has 0 unspecified atom stereocenters. The first-order valence-electron chi connectivity index (χ1n) is 9.25. The molecule has 0 bridgehead atoms. The van der Waals surface area contributed by atoms with Crippen molar-refractivity contribution >= 4 is 40.7 Å². The van der Waals surface area contributed by atoms with Gasteiger partial charge in [-0.2, -0.15) is 0 Å². The molecule has 1 heterocycles. The van der Waals surface area contributed by atoms with E-state index in [1.807, 2.05) is 30.3 Å². The number of nitrogens with one attached hydrogen (secondary N) is 1. The number of rotatable bonds is 8. The Kier molecular flexibility index (Phi) is 7.03. The first kappa shape index (κ1) is 21.3. The van der Waals surface area contributed by atoms with Crippen LogP contribution in [0.2, 0.25) is 0 Å². The van der Waals surface area contributed by atoms with Crippen molar-refractivity contribution in [1.82, 2.24) is 10.2 Å². The largest absolute Gasteiger partial charge is 0.484 e. The van der Waals surface area contributed by atoms with Crippen LogP contribution in [0.15, 0.2) is 59.5 Å². The minimum absolute atomic E-state index is 0.0718. The van der Waals surface area contributed by atoms with E-state index in [4.69, 9.17) is 4.74 Å². The number of imide groups is 1. The van der Waals surface area contributed by atoms with Crippen LogP contribution in [0.5, 0.6) is 5.75 Å². The number of ether oxygens (including phenoxy) is 1. The minimum Gasteiger partial charge on any atom is -0.484 e.